The number of piperidine rings is 2. The van der Waals surface area contributed by atoms with E-state index in [0.29, 0.717) is 16.7 Å². The van der Waals surface area contributed by atoms with Crippen LogP contribution in [0.2, 0.25) is 0 Å². The number of aliphatic hydroxyl groups excluding tert-OH is 1. The Morgan fingerprint density at radius 1 is 1.23 bits per heavy atom. The maximum Gasteiger partial charge on any atom is 0.0813 e. The number of aliphatic hydroxyl groups is 1. The summed E-state index contributed by atoms with van der Waals surface area (Å²) >= 11 is 0. The minimum absolute atomic E-state index is 0.172. The van der Waals surface area contributed by atoms with Crippen LogP contribution in [0.25, 0.3) is 0 Å². The summed E-state index contributed by atoms with van der Waals surface area (Å²) in [5, 5.41) is 11.2. The highest BCUT2D eigenvalue weighted by atomic mass is 16.3. The fourth-order valence-corrected chi connectivity index (χ4v) is 10.4. The molecule has 3 saturated heterocycles. The Hall–Kier alpha value is -0.340. The molecule has 118 valence electrons. The third kappa shape index (κ3) is 0.815. The van der Waals surface area contributed by atoms with Gasteiger partial charge in [0.25, 0.3) is 0 Å². The molecule has 6 saturated carbocycles. The van der Waals surface area contributed by atoms with Gasteiger partial charge in [-0.15, -0.1) is 0 Å². The van der Waals surface area contributed by atoms with Crippen molar-refractivity contribution in [1.29, 1.82) is 0 Å². The zero-order chi connectivity index (χ0) is 14.6. The molecule has 0 amide bonds. The van der Waals surface area contributed by atoms with E-state index in [1.54, 1.807) is 0 Å². The van der Waals surface area contributed by atoms with Gasteiger partial charge >= 0.3 is 0 Å². The zero-order valence-electron chi connectivity index (χ0n) is 13.6. The van der Waals surface area contributed by atoms with Crippen molar-refractivity contribution in [1.82, 2.24) is 4.90 Å². The lowest BCUT2D eigenvalue weighted by Crippen LogP contribution is -2.63. The van der Waals surface area contributed by atoms with E-state index < -0.39 is 0 Å². The molecule has 0 radical (unpaired) electrons. The first-order valence-electron chi connectivity index (χ1n) is 9.66. The Bertz CT molecular complexity index is 644. The highest BCUT2D eigenvalue weighted by Crippen LogP contribution is 2.86. The molecule has 1 N–H and O–H groups in total. The fraction of sp³-hybridized carbons (Fsp3) is 0.900. The van der Waals surface area contributed by atoms with Gasteiger partial charge in [0.05, 0.1) is 6.10 Å². The summed E-state index contributed by atoms with van der Waals surface area (Å²) in [4.78, 5) is 2.98. The van der Waals surface area contributed by atoms with Crippen LogP contribution < -0.4 is 0 Å². The van der Waals surface area contributed by atoms with Crippen molar-refractivity contribution in [2.24, 2.45) is 39.9 Å². The van der Waals surface area contributed by atoms with Crippen LogP contribution >= 0.6 is 0 Å². The molecule has 3 unspecified atom stereocenters. The average Bonchev–Trinajstić information content (AvgIpc) is 2.90. The summed E-state index contributed by atoms with van der Waals surface area (Å²) in [5.41, 5.74) is 2.65. The van der Waals surface area contributed by atoms with Crippen LogP contribution in [0.15, 0.2) is 12.2 Å². The smallest absolute Gasteiger partial charge is 0.0813 e. The molecule has 9 aliphatic rings. The van der Waals surface area contributed by atoms with Crippen LogP contribution in [0.3, 0.4) is 0 Å². The molecule has 0 aromatic rings. The second-order valence-corrected chi connectivity index (χ2v) is 10.4. The van der Waals surface area contributed by atoms with Crippen LogP contribution in [-0.4, -0.2) is 34.7 Å². The Balaban J connectivity index is 1.53. The van der Waals surface area contributed by atoms with Crippen molar-refractivity contribution < 1.29 is 5.11 Å². The molecule has 9 fully saturated rings. The third-order valence-electron chi connectivity index (χ3n) is 10.3. The quantitative estimate of drug-likeness (QED) is 0.695. The first-order chi connectivity index (χ1) is 10.5. The van der Waals surface area contributed by atoms with E-state index >= 15 is 0 Å². The van der Waals surface area contributed by atoms with Gasteiger partial charge in [0.15, 0.2) is 0 Å². The van der Waals surface area contributed by atoms with Gasteiger partial charge in [-0.1, -0.05) is 19.9 Å². The van der Waals surface area contributed by atoms with Crippen molar-refractivity contribution in [2.45, 2.75) is 63.6 Å². The number of rotatable bonds is 0. The molecule has 11 atom stereocenters. The predicted octanol–water partition coefficient (Wildman–Crippen LogP) is 2.82. The van der Waals surface area contributed by atoms with Gasteiger partial charge in [-0.25, -0.2) is 0 Å². The average molecular weight is 297 g/mol. The van der Waals surface area contributed by atoms with Crippen LogP contribution in [0.4, 0.5) is 0 Å². The number of fused-ring (bicyclic) bond motifs is 1. The summed E-state index contributed by atoms with van der Waals surface area (Å²) < 4.78 is 0. The van der Waals surface area contributed by atoms with Gasteiger partial charge in [-0.3, -0.25) is 4.90 Å². The molecule has 0 aromatic carbocycles. The van der Waals surface area contributed by atoms with E-state index in [1.165, 1.54) is 50.6 Å². The second kappa shape index (κ2) is 2.99. The maximum absolute atomic E-state index is 11.2. The molecule has 2 heteroatoms. The number of nitrogens with zero attached hydrogens (tertiary/aromatic N) is 1. The molecule has 9 bridgehead atoms. The SMILES string of the molecule is C=C1[C@H]2CC3C4N5C[C@]6(C)CCC[C@]47[C@H](C2)[C@]3(C[C@H]5[C@H]67)[C@@H]1O. The van der Waals surface area contributed by atoms with Crippen LogP contribution in [0, 0.1) is 39.9 Å². The minimum atomic E-state index is -0.172. The normalized spacial score (nSPS) is 75.1. The molecule has 3 heterocycles. The van der Waals surface area contributed by atoms with Crippen molar-refractivity contribution in [2.75, 3.05) is 6.54 Å². The Morgan fingerprint density at radius 3 is 2.95 bits per heavy atom. The monoisotopic (exact) mass is 297 g/mol. The lowest BCUT2D eigenvalue weighted by Gasteiger charge is -2.64. The zero-order valence-corrected chi connectivity index (χ0v) is 13.6. The van der Waals surface area contributed by atoms with Crippen molar-refractivity contribution in [3.05, 3.63) is 12.2 Å². The van der Waals surface area contributed by atoms with Crippen molar-refractivity contribution in [3.63, 3.8) is 0 Å². The molecule has 3 aliphatic heterocycles. The summed E-state index contributed by atoms with van der Waals surface area (Å²) in [6.07, 6.45) is 8.23. The van der Waals surface area contributed by atoms with E-state index in [0.717, 1.165) is 29.8 Å². The molecule has 22 heavy (non-hydrogen) atoms. The second-order valence-electron chi connectivity index (χ2n) is 10.4. The lowest BCUT2D eigenvalue weighted by molar-refractivity contribution is -0.166. The van der Waals surface area contributed by atoms with Crippen molar-refractivity contribution in [3.8, 4) is 0 Å². The van der Waals surface area contributed by atoms with Crippen LogP contribution in [-0.2, 0) is 0 Å². The van der Waals surface area contributed by atoms with Gasteiger partial charge in [-0.05, 0) is 72.2 Å². The van der Waals surface area contributed by atoms with Gasteiger partial charge in [0.1, 0.15) is 0 Å². The summed E-state index contributed by atoms with van der Waals surface area (Å²) in [6.45, 7) is 8.32. The molecule has 2 spiro atoms. The van der Waals surface area contributed by atoms with Gasteiger partial charge in [0, 0.05) is 24.0 Å². The standard InChI is InChI=1S/C20H27NO/c1-10-11-6-12-16-19-5-3-4-18(2)9-21(16)13(15(18)19)8-20(12,17(10)22)14(19)7-11/h11-17,22H,1,3-9H2,2H3/t11-,12?,13-,14-,15+,16?,17+,18-,19+,20+/m0/s1. The fourth-order valence-electron chi connectivity index (χ4n) is 10.4. The summed E-state index contributed by atoms with van der Waals surface area (Å²) in [6, 6.07) is 1.64. The number of hydrogen-bond acceptors (Lipinski definition) is 2. The first-order valence-corrected chi connectivity index (χ1v) is 9.66. The van der Waals surface area contributed by atoms with E-state index in [-0.39, 0.29) is 11.5 Å². The molecule has 0 aromatic heterocycles. The van der Waals surface area contributed by atoms with Gasteiger partial charge in [0.2, 0.25) is 0 Å². The summed E-state index contributed by atoms with van der Waals surface area (Å²) in [7, 11) is 0. The van der Waals surface area contributed by atoms with Crippen molar-refractivity contribution >= 4 is 0 Å². The van der Waals surface area contributed by atoms with E-state index in [9.17, 15) is 5.11 Å². The largest absolute Gasteiger partial charge is 0.388 e. The Morgan fingerprint density at radius 2 is 2.09 bits per heavy atom. The maximum atomic E-state index is 11.2. The highest BCUT2D eigenvalue weighted by molar-refractivity contribution is 5.42. The Labute approximate surface area is 132 Å². The van der Waals surface area contributed by atoms with Gasteiger partial charge < -0.3 is 5.11 Å². The molecule has 9 rings (SSSR count). The topological polar surface area (TPSA) is 23.5 Å². The van der Waals surface area contributed by atoms with E-state index in [4.69, 9.17) is 0 Å². The predicted molar refractivity (Wildman–Crippen MR) is 84.1 cm³/mol. The highest BCUT2D eigenvalue weighted by Gasteiger charge is 2.87. The van der Waals surface area contributed by atoms with E-state index in [2.05, 4.69) is 18.4 Å². The molecule has 2 nitrogen and oxygen atoms in total. The lowest BCUT2D eigenvalue weighted by atomic mass is 9.40. The molecule has 6 aliphatic carbocycles. The minimum Gasteiger partial charge on any atom is -0.388 e. The first kappa shape index (κ1) is 12.1. The summed E-state index contributed by atoms with van der Waals surface area (Å²) in [5.74, 6) is 3.21. The third-order valence-corrected chi connectivity index (χ3v) is 10.3. The van der Waals surface area contributed by atoms with Crippen LogP contribution in [0.5, 0.6) is 0 Å². The molecular weight excluding hydrogens is 270 g/mol. The molecular formula is C20H27NO. The van der Waals surface area contributed by atoms with Gasteiger partial charge in [-0.2, -0.15) is 0 Å². The number of hydrogen-bond donors (Lipinski definition) is 1. The van der Waals surface area contributed by atoms with E-state index in [1.807, 2.05) is 0 Å². The Kier molecular flexibility index (Phi) is 1.64. The van der Waals surface area contributed by atoms with Crippen LogP contribution in [0.1, 0.15) is 45.4 Å².